The lowest BCUT2D eigenvalue weighted by molar-refractivity contribution is 0.143. The van der Waals surface area contributed by atoms with E-state index < -0.39 is 24.9 Å². The number of aliphatic hydroxyl groups is 1. The normalized spacial score (nSPS) is 14.4. The van der Waals surface area contributed by atoms with Gasteiger partial charge >= 0.3 is 7.60 Å². The van der Waals surface area contributed by atoms with Crippen molar-refractivity contribution in [3.8, 4) is 11.5 Å². The number of rotatable bonds is 5. The fourth-order valence-corrected chi connectivity index (χ4v) is 3.49. The molecule has 7 heteroatoms. The summed E-state index contributed by atoms with van der Waals surface area (Å²) in [5.41, 5.74) is 0.719. The largest absolute Gasteiger partial charge is 0.508 e. The summed E-state index contributed by atoms with van der Waals surface area (Å²) in [7, 11) is -4.66. The van der Waals surface area contributed by atoms with Crippen molar-refractivity contribution in [2.45, 2.75) is 25.4 Å². The van der Waals surface area contributed by atoms with Gasteiger partial charge in [-0.05, 0) is 41.8 Å². The van der Waals surface area contributed by atoms with Gasteiger partial charge in [-0.1, -0.05) is 25.1 Å². The van der Waals surface area contributed by atoms with Crippen molar-refractivity contribution >= 4 is 12.9 Å². The number of hydrogen-bond acceptors (Lipinski definition) is 4. The SMILES string of the molecule is CCC(c1cccc(O)c1)C(O)c1ccc(O)cc1P(=O)(O)O. The summed E-state index contributed by atoms with van der Waals surface area (Å²) in [5, 5.41) is 29.3. The van der Waals surface area contributed by atoms with Crippen molar-refractivity contribution in [2.75, 3.05) is 0 Å². The Morgan fingerprint density at radius 2 is 1.70 bits per heavy atom. The van der Waals surface area contributed by atoms with Crippen LogP contribution in [0, 0.1) is 0 Å². The third-order valence-corrected chi connectivity index (χ3v) is 4.78. The Morgan fingerprint density at radius 1 is 1.04 bits per heavy atom. The van der Waals surface area contributed by atoms with E-state index in [1.165, 1.54) is 24.3 Å². The number of benzene rings is 2. The molecular formula is C16H19O6P. The quantitative estimate of drug-likeness (QED) is 0.533. The van der Waals surface area contributed by atoms with Gasteiger partial charge in [0.25, 0.3) is 0 Å². The summed E-state index contributed by atoms with van der Waals surface area (Å²) >= 11 is 0. The van der Waals surface area contributed by atoms with Crippen molar-refractivity contribution < 1.29 is 29.7 Å². The molecule has 0 aliphatic rings. The highest BCUT2D eigenvalue weighted by molar-refractivity contribution is 7.60. The van der Waals surface area contributed by atoms with E-state index in [0.29, 0.717) is 12.0 Å². The number of aromatic hydroxyl groups is 2. The summed E-state index contributed by atoms with van der Waals surface area (Å²) < 4.78 is 11.6. The Hall–Kier alpha value is -1.85. The van der Waals surface area contributed by atoms with Gasteiger partial charge in [0.2, 0.25) is 0 Å². The van der Waals surface area contributed by atoms with E-state index in [4.69, 9.17) is 0 Å². The zero-order chi connectivity index (χ0) is 17.2. The molecule has 0 bridgehead atoms. The van der Waals surface area contributed by atoms with Crippen LogP contribution in [0.2, 0.25) is 0 Å². The van der Waals surface area contributed by atoms with Gasteiger partial charge in [0.05, 0.1) is 11.4 Å². The van der Waals surface area contributed by atoms with Crippen LogP contribution in [0.5, 0.6) is 11.5 Å². The minimum absolute atomic E-state index is 0.0501. The van der Waals surface area contributed by atoms with E-state index in [-0.39, 0.29) is 17.1 Å². The fourth-order valence-electron chi connectivity index (χ4n) is 2.65. The fraction of sp³-hybridized carbons (Fsp3) is 0.250. The van der Waals surface area contributed by atoms with Gasteiger partial charge in [-0.15, -0.1) is 0 Å². The molecule has 2 atom stereocenters. The average Bonchev–Trinajstić information content (AvgIpc) is 2.47. The van der Waals surface area contributed by atoms with Gasteiger partial charge in [0.1, 0.15) is 11.5 Å². The first-order valence-corrected chi connectivity index (χ1v) is 8.71. The summed E-state index contributed by atoms with van der Waals surface area (Å²) in [5.74, 6) is -0.698. The maximum atomic E-state index is 11.6. The Kier molecular flexibility index (Phi) is 5.12. The number of hydrogen-bond donors (Lipinski definition) is 5. The van der Waals surface area contributed by atoms with Crippen LogP contribution in [0.1, 0.15) is 36.5 Å². The Morgan fingerprint density at radius 3 is 2.26 bits per heavy atom. The third kappa shape index (κ3) is 3.92. The van der Waals surface area contributed by atoms with Gasteiger partial charge in [-0.3, -0.25) is 4.57 Å². The average molecular weight is 338 g/mol. The van der Waals surface area contributed by atoms with Crippen molar-refractivity contribution in [3.05, 3.63) is 53.6 Å². The van der Waals surface area contributed by atoms with Gasteiger partial charge < -0.3 is 25.1 Å². The molecule has 0 saturated carbocycles. The van der Waals surface area contributed by atoms with E-state index in [1.807, 2.05) is 6.92 Å². The third-order valence-electron chi connectivity index (χ3n) is 3.77. The summed E-state index contributed by atoms with van der Waals surface area (Å²) in [6.45, 7) is 1.83. The van der Waals surface area contributed by atoms with Gasteiger partial charge in [0, 0.05) is 5.92 Å². The summed E-state index contributed by atoms with van der Waals surface area (Å²) in [4.78, 5) is 18.9. The van der Waals surface area contributed by atoms with E-state index >= 15 is 0 Å². The second-order valence-corrected chi connectivity index (χ2v) is 6.91. The number of aliphatic hydroxyl groups excluding tert-OH is 1. The summed E-state index contributed by atoms with van der Waals surface area (Å²) in [6, 6.07) is 9.93. The van der Waals surface area contributed by atoms with Gasteiger partial charge in [0.15, 0.2) is 0 Å². The van der Waals surface area contributed by atoms with Crippen LogP contribution in [-0.2, 0) is 4.57 Å². The maximum Gasteiger partial charge on any atom is 0.356 e. The van der Waals surface area contributed by atoms with Gasteiger partial charge in [-0.2, -0.15) is 0 Å². The topological polar surface area (TPSA) is 118 Å². The Bertz CT molecular complexity index is 739. The Balaban J connectivity index is 2.50. The zero-order valence-corrected chi connectivity index (χ0v) is 13.4. The van der Waals surface area contributed by atoms with E-state index in [2.05, 4.69) is 0 Å². The van der Waals surface area contributed by atoms with Crippen LogP contribution in [0.15, 0.2) is 42.5 Å². The first kappa shape index (κ1) is 17.5. The predicted molar refractivity (Wildman–Crippen MR) is 85.9 cm³/mol. The lowest BCUT2D eigenvalue weighted by Crippen LogP contribution is -2.19. The first-order valence-electron chi connectivity index (χ1n) is 7.10. The van der Waals surface area contributed by atoms with Gasteiger partial charge in [-0.25, -0.2) is 0 Å². The van der Waals surface area contributed by atoms with Crippen LogP contribution < -0.4 is 5.30 Å². The van der Waals surface area contributed by atoms with Crippen LogP contribution in [0.3, 0.4) is 0 Å². The molecule has 5 N–H and O–H groups in total. The van der Waals surface area contributed by atoms with Crippen LogP contribution in [0.4, 0.5) is 0 Å². The van der Waals surface area contributed by atoms with Crippen LogP contribution in [-0.4, -0.2) is 25.1 Å². The smallest absolute Gasteiger partial charge is 0.356 e. The lowest BCUT2D eigenvalue weighted by atomic mass is 9.87. The highest BCUT2D eigenvalue weighted by Gasteiger charge is 2.30. The van der Waals surface area contributed by atoms with Crippen LogP contribution >= 0.6 is 7.60 Å². The van der Waals surface area contributed by atoms with Crippen molar-refractivity contribution in [1.29, 1.82) is 0 Å². The molecule has 0 aliphatic heterocycles. The highest BCUT2D eigenvalue weighted by Crippen LogP contribution is 2.41. The molecule has 0 aromatic heterocycles. The molecule has 2 aromatic carbocycles. The number of phenolic OH excluding ortho intramolecular Hbond substituents is 2. The molecule has 124 valence electrons. The number of phenols is 2. The molecule has 0 aliphatic carbocycles. The predicted octanol–water partition coefficient (Wildman–Crippen LogP) is 2.13. The highest BCUT2D eigenvalue weighted by atomic mass is 31.2. The molecule has 0 saturated heterocycles. The minimum atomic E-state index is -4.66. The van der Waals surface area contributed by atoms with Crippen molar-refractivity contribution in [2.24, 2.45) is 0 Å². The standard InChI is InChI=1S/C16H19O6P/c1-2-13(10-4-3-5-11(17)8-10)16(19)14-7-6-12(18)9-15(14)23(20,21)22/h3-9,13,16-19H,2H2,1H3,(H2,20,21,22). The van der Waals surface area contributed by atoms with E-state index in [9.17, 15) is 29.7 Å². The second-order valence-electron chi connectivity index (χ2n) is 5.34. The lowest BCUT2D eigenvalue weighted by Gasteiger charge is -2.25. The zero-order valence-electron chi connectivity index (χ0n) is 12.5. The molecule has 0 radical (unpaired) electrons. The molecule has 2 unspecified atom stereocenters. The summed E-state index contributed by atoms with van der Waals surface area (Å²) in [6.07, 6.45) is -0.698. The van der Waals surface area contributed by atoms with Crippen molar-refractivity contribution in [3.63, 3.8) is 0 Å². The molecule has 2 rings (SSSR count). The van der Waals surface area contributed by atoms with Crippen LogP contribution in [0.25, 0.3) is 0 Å². The molecule has 6 nitrogen and oxygen atoms in total. The monoisotopic (exact) mass is 338 g/mol. The molecule has 0 fully saturated rings. The molecule has 0 heterocycles. The molecular weight excluding hydrogens is 319 g/mol. The minimum Gasteiger partial charge on any atom is -0.508 e. The molecule has 0 spiro atoms. The van der Waals surface area contributed by atoms with E-state index in [1.54, 1.807) is 12.1 Å². The molecule has 0 amide bonds. The molecule has 23 heavy (non-hydrogen) atoms. The first-order chi connectivity index (χ1) is 10.7. The maximum absolute atomic E-state index is 11.6. The Labute approximate surface area is 133 Å². The molecule has 2 aromatic rings. The van der Waals surface area contributed by atoms with Crippen molar-refractivity contribution in [1.82, 2.24) is 0 Å². The second kappa shape index (κ2) is 6.72. The van der Waals surface area contributed by atoms with E-state index in [0.717, 1.165) is 6.07 Å².